The van der Waals surface area contributed by atoms with Gasteiger partial charge >= 0.3 is 5.63 Å². The second-order valence-electron chi connectivity index (χ2n) is 4.31. The van der Waals surface area contributed by atoms with Crippen molar-refractivity contribution in [2.24, 2.45) is 0 Å². The van der Waals surface area contributed by atoms with Crippen LogP contribution in [0.4, 0.5) is 5.69 Å². The summed E-state index contributed by atoms with van der Waals surface area (Å²) in [4.78, 5) is 11.8. The molecule has 1 aromatic carbocycles. The molecule has 5 nitrogen and oxygen atoms in total. The lowest BCUT2D eigenvalue weighted by molar-refractivity contribution is 0.311. The second kappa shape index (κ2) is 6.04. The van der Waals surface area contributed by atoms with Gasteiger partial charge in [0.1, 0.15) is 11.8 Å². The van der Waals surface area contributed by atoms with E-state index in [2.05, 4.69) is 5.32 Å². The number of hydrogen-bond acceptors (Lipinski definition) is 5. The van der Waals surface area contributed by atoms with E-state index < -0.39 is 5.63 Å². The van der Waals surface area contributed by atoms with Crippen LogP contribution in [0.2, 0.25) is 0 Å². The number of nitrogens with one attached hydrogen (secondary N) is 1. The lowest BCUT2D eigenvalue weighted by atomic mass is 10.1. The van der Waals surface area contributed by atoms with Gasteiger partial charge in [0.15, 0.2) is 5.56 Å². The molecule has 2 rings (SSSR count). The Morgan fingerprint density at radius 1 is 1.35 bits per heavy atom. The van der Waals surface area contributed by atoms with E-state index in [-0.39, 0.29) is 18.7 Å². The van der Waals surface area contributed by atoms with E-state index in [1.54, 1.807) is 6.07 Å². The van der Waals surface area contributed by atoms with Crippen molar-refractivity contribution in [2.75, 3.05) is 18.5 Å². The Labute approximate surface area is 116 Å². The molecule has 0 saturated carbocycles. The number of hydrogen-bond donors (Lipinski definition) is 2. The minimum absolute atomic E-state index is 0.0886. The van der Waals surface area contributed by atoms with Gasteiger partial charge in [-0.05, 0) is 6.92 Å². The number of rotatable bonds is 4. The average molecular weight is 270 g/mol. The van der Waals surface area contributed by atoms with Crippen molar-refractivity contribution in [1.82, 2.24) is 0 Å². The molecule has 0 saturated heterocycles. The van der Waals surface area contributed by atoms with Crippen LogP contribution in [0.25, 0.3) is 11.3 Å². The molecular formula is C15H14N2O3. The first-order valence-corrected chi connectivity index (χ1v) is 6.15. The van der Waals surface area contributed by atoms with Crippen molar-refractivity contribution in [3.8, 4) is 17.4 Å². The Kier molecular flexibility index (Phi) is 4.18. The topological polar surface area (TPSA) is 86.3 Å². The van der Waals surface area contributed by atoms with Crippen molar-refractivity contribution in [3.05, 3.63) is 51.9 Å². The van der Waals surface area contributed by atoms with Crippen LogP contribution >= 0.6 is 0 Å². The van der Waals surface area contributed by atoms with E-state index in [4.69, 9.17) is 14.8 Å². The predicted molar refractivity (Wildman–Crippen MR) is 75.4 cm³/mol. The van der Waals surface area contributed by atoms with Gasteiger partial charge in [-0.2, -0.15) is 5.26 Å². The first kappa shape index (κ1) is 13.8. The number of aliphatic hydroxyl groups excluding tert-OH is 1. The van der Waals surface area contributed by atoms with E-state index in [0.717, 1.165) is 11.1 Å². The van der Waals surface area contributed by atoms with Crippen molar-refractivity contribution >= 4 is 5.69 Å². The molecule has 1 aromatic heterocycles. The normalized spacial score (nSPS) is 10.1. The molecule has 0 amide bonds. The molecule has 1 heterocycles. The van der Waals surface area contributed by atoms with Gasteiger partial charge in [-0.15, -0.1) is 0 Å². The monoisotopic (exact) mass is 270 g/mol. The number of aryl methyl sites for hydroxylation is 1. The average Bonchev–Trinajstić information content (AvgIpc) is 2.45. The number of aliphatic hydroxyl groups is 1. The van der Waals surface area contributed by atoms with Crippen LogP contribution in [0.15, 0.2) is 39.5 Å². The summed E-state index contributed by atoms with van der Waals surface area (Å²) in [5.74, 6) is 0.384. The number of anilines is 1. The molecule has 0 atom stereocenters. The number of nitriles is 1. The smallest absolute Gasteiger partial charge is 0.356 e. The van der Waals surface area contributed by atoms with Crippen LogP contribution < -0.4 is 10.9 Å². The maximum Gasteiger partial charge on any atom is 0.356 e. The molecule has 20 heavy (non-hydrogen) atoms. The van der Waals surface area contributed by atoms with Gasteiger partial charge in [0.05, 0.1) is 12.3 Å². The Hall–Kier alpha value is -2.58. The minimum Gasteiger partial charge on any atom is -0.422 e. The SMILES string of the molecule is Cc1ccc(-c2cc(NCCO)c(C#N)c(=O)o2)cc1. The van der Waals surface area contributed by atoms with Crippen LogP contribution in [-0.2, 0) is 0 Å². The highest BCUT2D eigenvalue weighted by Gasteiger charge is 2.12. The summed E-state index contributed by atoms with van der Waals surface area (Å²) < 4.78 is 5.17. The quantitative estimate of drug-likeness (QED) is 0.886. The zero-order chi connectivity index (χ0) is 14.5. The molecule has 5 heteroatoms. The molecule has 102 valence electrons. The van der Waals surface area contributed by atoms with Gasteiger partial charge in [-0.3, -0.25) is 0 Å². The lowest BCUT2D eigenvalue weighted by Gasteiger charge is -2.08. The molecule has 2 N–H and O–H groups in total. The van der Waals surface area contributed by atoms with Crippen molar-refractivity contribution in [3.63, 3.8) is 0 Å². The first-order chi connectivity index (χ1) is 9.65. The van der Waals surface area contributed by atoms with Gasteiger partial charge < -0.3 is 14.8 Å². The summed E-state index contributed by atoms with van der Waals surface area (Å²) in [5.41, 5.74) is 1.45. The van der Waals surface area contributed by atoms with E-state index in [0.29, 0.717) is 11.4 Å². The van der Waals surface area contributed by atoms with E-state index in [1.165, 1.54) is 0 Å². The third-order valence-electron chi connectivity index (χ3n) is 2.83. The predicted octanol–water partition coefficient (Wildman–Crippen LogP) is 1.89. The lowest BCUT2D eigenvalue weighted by Crippen LogP contribution is -2.13. The summed E-state index contributed by atoms with van der Waals surface area (Å²) in [5, 5.41) is 20.7. The summed E-state index contributed by atoms with van der Waals surface area (Å²) in [7, 11) is 0. The zero-order valence-electron chi connectivity index (χ0n) is 11.0. The largest absolute Gasteiger partial charge is 0.422 e. The standard InChI is InChI=1S/C15H14N2O3/c1-10-2-4-11(5-3-10)14-8-13(17-6-7-18)12(9-16)15(19)20-14/h2-5,8,17-18H,6-7H2,1H3. The van der Waals surface area contributed by atoms with E-state index >= 15 is 0 Å². The van der Waals surface area contributed by atoms with Gasteiger partial charge in [-0.1, -0.05) is 29.8 Å². The third kappa shape index (κ3) is 2.87. The maximum absolute atomic E-state index is 11.8. The van der Waals surface area contributed by atoms with Crippen molar-refractivity contribution < 1.29 is 9.52 Å². The highest BCUT2D eigenvalue weighted by molar-refractivity contribution is 5.66. The second-order valence-corrected chi connectivity index (χ2v) is 4.31. The summed E-state index contributed by atoms with van der Waals surface area (Å²) >= 11 is 0. The fourth-order valence-corrected chi connectivity index (χ4v) is 1.79. The van der Waals surface area contributed by atoms with Crippen molar-refractivity contribution in [2.45, 2.75) is 6.92 Å². The fourth-order valence-electron chi connectivity index (χ4n) is 1.79. The maximum atomic E-state index is 11.8. The molecule has 0 aliphatic rings. The summed E-state index contributed by atoms with van der Waals surface area (Å²) in [6, 6.07) is 10.9. The highest BCUT2D eigenvalue weighted by atomic mass is 16.4. The molecule has 0 aliphatic heterocycles. The Bertz CT molecular complexity index is 697. The van der Waals surface area contributed by atoms with E-state index in [1.807, 2.05) is 37.3 Å². The zero-order valence-corrected chi connectivity index (χ0v) is 11.0. The van der Waals surface area contributed by atoms with Gasteiger partial charge in [-0.25, -0.2) is 4.79 Å². The third-order valence-corrected chi connectivity index (χ3v) is 2.83. The molecule has 2 aromatic rings. The van der Waals surface area contributed by atoms with Crippen LogP contribution in [0, 0.1) is 18.3 Å². The van der Waals surface area contributed by atoms with E-state index in [9.17, 15) is 4.79 Å². The number of nitrogens with zero attached hydrogens (tertiary/aromatic N) is 1. The Morgan fingerprint density at radius 3 is 2.65 bits per heavy atom. The van der Waals surface area contributed by atoms with Crippen LogP contribution in [0.1, 0.15) is 11.1 Å². The molecule has 0 radical (unpaired) electrons. The van der Waals surface area contributed by atoms with Gasteiger partial charge in [0, 0.05) is 18.2 Å². The highest BCUT2D eigenvalue weighted by Crippen LogP contribution is 2.23. The molecule has 0 spiro atoms. The molecule has 0 bridgehead atoms. The molecule has 0 unspecified atom stereocenters. The fraction of sp³-hybridized carbons (Fsp3) is 0.200. The first-order valence-electron chi connectivity index (χ1n) is 6.15. The molecule has 0 aliphatic carbocycles. The Balaban J connectivity index is 2.50. The summed E-state index contributed by atoms with van der Waals surface area (Å²) in [6.45, 7) is 2.13. The summed E-state index contributed by atoms with van der Waals surface area (Å²) in [6.07, 6.45) is 0. The van der Waals surface area contributed by atoms with Crippen LogP contribution in [-0.4, -0.2) is 18.3 Å². The molecular weight excluding hydrogens is 256 g/mol. The van der Waals surface area contributed by atoms with Gasteiger partial charge in [0.25, 0.3) is 0 Å². The van der Waals surface area contributed by atoms with Crippen LogP contribution in [0.3, 0.4) is 0 Å². The minimum atomic E-state index is -0.689. The van der Waals surface area contributed by atoms with Gasteiger partial charge in [0.2, 0.25) is 0 Å². The van der Waals surface area contributed by atoms with Crippen LogP contribution in [0.5, 0.6) is 0 Å². The number of benzene rings is 1. The molecule has 0 fully saturated rings. The van der Waals surface area contributed by atoms with Crippen molar-refractivity contribution in [1.29, 1.82) is 5.26 Å². The Morgan fingerprint density at radius 2 is 2.05 bits per heavy atom.